The van der Waals surface area contributed by atoms with E-state index in [2.05, 4.69) is 19.9 Å². The van der Waals surface area contributed by atoms with Crippen LogP contribution in [0.4, 0.5) is 0 Å². The van der Waals surface area contributed by atoms with Gasteiger partial charge in [-0.05, 0) is 30.7 Å². The minimum Gasteiger partial charge on any atom is -0.394 e. The second kappa shape index (κ2) is 8.95. The van der Waals surface area contributed by atoms with Crippen molar-refractivity contribution in [3.05, 3.63) is 72.6 Å². The second-order valence-corrected chi connectivity index (χ2v) is 6.04. The van der Waals surface area contributed by atoms with Crippen LogP contribution in [0.3, 0.4) is 0 Å². The summed E-state index contributed by atoms with van der Waals surface area (Å²) in [6, 6.07) is 8.90. The van der Waals surface area contributed by atoms with E-state index >= 15 is 0 Å². The summed E-state index contributed by atoms with van der Waals surface area (Å²) >= 11 is 0. The Morgan fingerprint density at radius 1 is 1.07 bits per heavy atom. The minimum atomic E-state index is -0.308. The quantitative estimate of drug-likeness (QED) is 0.693. The first kappa shape index (κ1) is 18.6. The Kier molecular flexibility index (Phi) is 6.17. The molecule has 27 heavy (non-hydrogen) atoms. The fourth-order valence-corrected chi connectivity index (χ4v) is 2.73. The van der Waals surface area contributed by atoms with Gasteiger partial charge in [0, 0.05) is 36.5 Å². The number of carbonyl (C=O) groups is 1. The van der Waals surface area contributed by atoms with Crippen LogP contribution >= 0.6 is 0 Å². The van der Waals surface area contributed by atoms with E-state index in [0.29, 0.717) is 24.4 Å². The first-order valence-electron chi connectivity index (χ1n) is 8.77. The van der Waals surface area contributed by atoms with Crippen LogP contribution < -0.4 is 0 Å². The summed E-state index contributed by atoms with van der Waals surface area (Å²) in [6.45, 7) is 2.12. The maximum Gasteiger partial charge on any atom is 0.257 e. The van der Waals surface area contributed by atoms with E-state index in [-0.39, 0.29) is 18.6 Å². The molecule has 138 valence electrons. The predicted molar refractivity (Wildman–Crippen MR) is 101 cm³/mol. The molecule has 0 aliphatic carbocycles. The number of hydrogen-bond acceptors (Lipinski definition) is 6. The van der Waals surface area contributed by atoms with Gasteiger partial charge < -0.3 is 10.0 Å². The number of rotatable bonds is 7. The summed E-state index contributed by atoms with van der Waals surface area (Å²) in [5.74, 6) is 0.268. The van der Waals surface area contributed by atoms with E-state index in [0.717, 1.165) is 11.3 Å². The SMILES string of the molecule is CC[C@H](CO)N(Cc1ccccn1)C(=O)c1cnc(-c2cccnc2)nc1. The van der Waals surface area contributed by atoms with E-state index in [1.165, 1.54) is 12.4 Å². The Labute approximate surface area is 157 Å². The molecule has 3 aromatic heterocycles. The van der Waals surface area contributed by atoms with Crippen molar-refractivity contribution in [1.82, 2.24) is 24.8 Å². The van der Waals surface area contributed by atoms with Crippen molar-refractivity contribution in [3.8, 4) is 11.4 Å². The molecule has 7 nitrogen and oxygen atoms in total. The summed E-state index contributed by atoms with van der Waals surface area (Å²) in [7, 11) is 0. The lowest BCUT2D eigenvalue weighted by molar-refractivity contribution is 0.0559. The van der Waals surface area contributed by atoms with Crippen LogP contribution in [0.1, 0.15) is 29.4 Å². The number of nitrogens with zero attached hydrogens (tertiary/aromatic N) is 5. The molecule has 3 aromatic rings. The van der Waals surface area contributed by atoms with Crippen molar-refractivity contribution in [1.29, 1.82) is 0 Å². The van der Waals surface area contributed by atoms with Gasteiger partial charge in [0.05, 0.1) is 30.5 Å². The molecule has 1 amide bonds. The van der Waals surface area contributed by atoms with E-state index in [1.54, 1.807) is 29.6 Å². The fraction of sp³-hybridized carbons (Fsp3) is 0.250. The van der Waals surface area contributed by atoms with E-state index < -0.39 is 0 Å². The summed E-state index contributed by atoms with van der Waals surface area (Å²) in [5, 5.41) is 9.71. The third kappa shape index (κ3) is 4.51. The van der Waals surface area contributed by atoms with Crippen LogP contribution in [0.25, 0.3) is 11.4 Å². The Hall–Kier alpha value is -3.19. The Morgan fingerprint density at radius 2 is 1.89 bits per heavy atom. The molecule has 0 aromatic carbocycles. The molecule has 0 aliphatic heterocycles. The molecule has 3 rings (SSSR count). The van der Waals surface area contributed by atoms with Gasteiger partial charge in [0.25, 0.3) is 5.91 Å². The van der Waals surface area contributed by atoms with Crippen LogP contribution in [-0.4, -0.2) is 48.5 Å². The van der Waals surface area contributed by atoms with Crippen LogP contribution in [-0.2, 0) is 6.54 Å². The molecule has 1 N–H and O–H groups in total. The van der Waals surface area contributed by atoms with Crippen molar-refractivity contribution in [2.45, 2.75) is 25.9 Å². The molecule has 0 bridgehead atoms. The van der Waals surface area contributed by atoms with Crippen LogP contribution in [0, 0.1) is 0 Å². The average molecular weight is 363 g/mol. The predicted octanol–water partition coefficient (Wildman–Crippen LogP) is 2.35. The zero-order chi connectivity index (χ0) is 19.1. The maximum absolute atomic E-state index is 13.1. The number of aromatic nitrogens is 4. The van der Waals surface area contributed by atoms with Gasteiger partial charge in [0.1, 0.15) is 0 Å². The van der Waals surface area contributed by atoms with Gasteiger partial charge in [-0.15, -0.1) is 0 Å². The van der Waals surface area contributed by atoms with Crippen molar-refractivity contribution in [3.63, 3.8) is 0 Å². The second-order valence-electron chi connectivity index (χ2n) is 6.04. The monoisotopic (exact) mass is 363 g/mol. The van der Waals surface area contributed by atoms with Gasteiger partial charge in [-0.2, -0.15) is 0 Å². The Morgan fingerprint density at radius 3 is 2.48 bits per heavy atom. The zero-order valence-electron chi connectivity index (χ0n) is 15.1. The summed E-state index contributed by atoms with van der Waals surface area (Å²) in [4.78, 5) is 31.6. The van der Waals surface area contributed by atoms with Gasteiger partial charge in [0.2, 0.25) is 0 Å². The highest BCUT2D eigenvalue weighted by molar-refractivity contribution is 5.94. The lowest BCUT2D eigenvalue weighted by Crippen LogP contribution is -2.42. The van der Waals surface area contributed by atoms with Crippen LogP contribution in [0.15, 0.2) is 61.3 Å². The number of hydrogen-bond donors (Lipinski definition) is 1. The largest absolute Gasteiger partial charge is 0.394 e. The highest BCUT2D eigenvalue weighted by atomic mass is 16.3. The molecular weight excluding hydrogens is 342 g/mol. The normalized spacial score (nSPS) is 11.8. The topological polar surface area (TPSA) is 92.1 Å². The zero-order valence-corrected chi connectivity index (χ0v) is 15.1. The standard InChI is InChI=1S/C20H21N5O2/c1-2-18(14-26)25(13-17-7-3-4-9-22-17)20(27)16-11-23-19(24-12-16)15-6-5-8-21-10-15/h3-12,18,26H,2,13-14H2,1H3/t18-/m1/s1. The molecule has 0 spiro atoms. The third-order valence-electron chi connectivity index (χ3n) is 4.26. The first-order chi connectivity index (χ1) is 13.2. The molecule has 0 aliphatic rings. The van der Waals surface area contributed by atoms with Crippen LogP contribution in [0.2, 0.25) is 0 Å². The number of aliphatic hydroxyl groups excluding tert-OH is 1. The van der Waals surface area contributed by atoms with Crippen molar-refractivity contribution in [2.24, 2.45) is 0 Å². The highest BCUT2D eigenvalue weighted by Crippen LogP contribution is 2.16. The van der Waals surface area contributed by atoms with Crippen molar-refractivity contribution >= 4 is 5.91 Å². The average Bonchev–Trinajstić information content (AvgIpc) is 2.75. The summed E-state index contributed by atoms with van der Waals surface area (Å²) in [5.41, 5.74) is 1.90. The van der Waals surface area contributed by atoms with Gasteiger partial charge in [-0.1, -0.05) is 13.0 Å². The molecule has 3 heterocycles. The van der Waals surface area contributed by atoms with Crippen molar-refractivity contribution in [2.75, 3.05) is 6.61 Å². The number of aliphatic hydroxyl groups is 1. The number of pyridine rings is 2. The molecule has 0 radical (unpaired) electrons. The molecule has 0 saturated heterocycles. The molecular formula is C20H21N5O2. The van der Waals surface area contributed by atoms with Crippen molar-refractivity contribution < 1.29 is 9.90 Å². The lowest BCUT2D eigenvalue weighted by atomic mass is 10.1. The highest BCUT2D eigenvalue weighted by Gasteiger charge is 2.24. The Balaban J connectivity index is 1.84. The molecule has 0 saturated carbocycles. The van der Waals surface area contributed by atoms with E-state index in [9.17, 15) is 9.90 Å². The molecule has 0 fully saturated rings. The van der Waals surface area contributed by atoms with Gasteiger partial charge in [-0.3, -0.25) is 14.8 Å². The van der Waals surface area contributed by atoms with Crippen LogP contribution in [0.5, 0.6) is 0 Å². The molecule has 7 heteroatoms. The number of amides is 1. The first-order valence-corrected chi connectivity index (χ1v) is 8.77. The smallest absolute Gasteiger partial charge is 0.257 e. The minimum absolute atomic E-state index is 0.121. The number of carbonyl (C=O) groups excluding carboxylic acids is 1. The Bertz CT molecular complexity index is 853. The molecule has 0 unspecified atom stereocenters. The molecule has 1 atom stereocenters. The third-order valence-corrected chi connectivity index (χ3v) is 4.26. The fourth-order valence-electron chi connectivity index (χ4n) is 2.73. The summed E-state index contributed by atoms with van der Waals surface area (Å²) < 4.78 is 0. The summed E-state index contributed by atoms with van der Waals surface area (Å²) in [6.07, 6.45) is 8.67. The van der Waals surface area contributed by atoms with Gasteiger partial charge in [0.15, 0.2) is 5.82 Å². The van der Waals surface area contributed by atoms with E-state index in [4.69, 9.17) is 0 Å². The van der Waals surface area contributed by atoms with Gasteiger partial charge >= 0.3 is 0 Å². The maximum atomic E-state index is 13.1. The van der Waals surface area contributed by atoms with E-state index in [1.807, 2.05) is 31.2 Å². The van der Waals surface area contributed by atoms with Gasteiger partial charge in [-0.25, -0.2) is 9.97 Å². The lowest BCUT2D eigenvalue weighted by Gasteiger charge is -2.29.